The van der Waals surface area contributed by atoms with E-state index >= 15 is 0 Å². The zero-order chi connectivity index (χ0) is 16.3. The lowest BCUT2D eigenvalue weighted by molar-refractivity contribution is -0.139. The van der Waals surface area contributed by atoms with Crippen molar-refractivity contribution in [2.45, 2.75) is 32.6 Å². The highest BCUT2D eigenvalue weighted by atomic mass is 16.5. The number of carbonyl (C=O) groups is 2. The first kappa shape index (κ1) is 16.1. The van der Waals surface area contributed by atoms with Gasteiger partial charge in [-0.25, -0.2) is 0 Å². The Morgan fingerprint density at radius 1 is 1.18 bits per heavy atom. The number of nitrogens with zero attached hydrogens (tertiary/aromatic N) is 1. The Labute approximate surface area is 129 Å². The number of phenolic OH excluding ortho intramolecular Hbond substituents is 2. The van der Waals surface area contributed by atoms with E-state index in [0.717, 1.165) is 12.8 Å². The van der Waals surface area contributed by atoms with Gasteiger partial charge in [0.25, 0.3) is 5.91 Å². The van der Waals surface area contributed by atoms with Gasteiger partial charge in [-0.1, -0.05) is 6.92 Å². The van der Waals surface area contributed by atoms with Gasteiger partial charge < -0.3 is 19.8 Å². The maximum Gasteiger partial charge on any atom is 0.310 e. The molecule has 1 aliphatic rings. The molecular weight excluding hydrogens is 286 g/mol. The lowest BCUT2D eigenvalue weighted by Crippen LogP contribution is -2.29. The lowest BCUT2D eigenvalue weighted by Gasteiger charge is -2.21. The van der Waals surface area contributed by atoms with Gasteiger partial charge in [0, 0.05) is 19.2 Å². The molecule has 1 aromatic carbocycles. The van der Waals surface area contributed by atoms with Gasteiger partial charge in [0.1, 0.15) is 11.5 Å². The number of likely N-dealkylation sites (tertiary alicyclic amines) is 1. The summed E-state index contributed by atoms with van der Waals surface area (Å²) in [6, 6.07) is 1.17. The minimum absolute atomic E-state index is 0.0990. The van der Waals surface area contributed by atoms with Gasteiger partial charge in [0.15, 0.2) is 0 Å². The summed E-state index contributed by atoms with van der Waals surface area (Å²) in [6.07, 6.45) is 2.14. The highest BCUT2D eigenvalue weighted by Crippen LogP contribution is 2.34. The van der Waals surface area contributed by atoms with Gasteiger partial charge in [0.05, 0.1) is 19.1 Å². The van der Waals surface area contributed by atoms with Crippen LogP contribution in [0.3, 0.4) is 0 Å². The van der Waals surface area contributed by atoms with Crippen LogP contribution >= 0.6 is 0 Å². The van der Waals surface area contributed by atoms with E-state index in [0.29, 0.717) is 30.6 Å². The summed E-state index contributed by atoms with van der Waals surface area (Å²) in [5, 5.41) is 20.1. The molecule has 1 aliphatic heterocycles. The molecule has 1 saturated heterocycles. The molecule has 0 aliphatic carbocycles. The number of carbonyl (C=O) groups excluding carboxylic acids is 2. The van der Waals surface area contributed by atoms with Gasteiger partial charge in [-0.3, -0.25) is 9.59 Å². The van der Waals surface area contributed by atoms with Crippen molar-refractivity contribution in [2.75, 3.05) is 20.2 Å². The molecule has 6 nitrogen and oxygen atoms in total. The first-order chi connectivity index (χ1) is 10.5. The molecule has 1 fully saturated rings. The van der Waals surface area contributed by atoms with Gasteiger partial charge >= 0.3 is 5.97 Å². The third-order valence-electron chi connectivity index (χ3n) is 4.01. The molecule has 1 heterocycles. The van der Waals surface area contributed by atoms with Crippen LogP contribution in [-0.2, 0) is 22.4 Å². The average molecular weight is 307 g/mol. The molecule has 0 saturated carbocycles. The highest BCUT2D eigenvalue weighted by Gasteiger charge is 2.28. The first-order valence-corrected chi connectivity index (χ1v) is 7.42. The monoisotopic (exact) mass is 307 g/mol. The van der Waals surface area contributed by atoms with E-state index in [1.54, 1.807) is 4.90 Å². The van der Waals surface area contributed by atoms with Crippen LogP contribution < -0.4 is 0 Å². The number of hydrogen-bond acceptors (Lipinski definition) is 5. The van der Waals surface area contributed by atoms with Crippen molar-refractivity contribution in [3.8, 4) is 11.5 Å². The summed E-state index contributed by atoms with van der Waals surface area (Å²) in [6.45, 7) is 3.09. The van der Waals surface area contributed by atoms with Crippen LogP contribution in [0.4, 0.5) is 0 Å². The fourth-order valence-electron chi connectivity index (χ4n) is 2.87. The summed E-state index contributed by atoms with van der Waals surface area (Å²) in [5.74, 6) is -1.24. The lowest BCUT2D eigenvalue weighted by atomic mass is 9.93. The Balaban J connectivity index is 2.54. The number of ether oxygens (including phenoxy) is 1. The fourth-order valence-corrected chi connectivity index (χ4v) is 2.87. The minimum Gasteiger partial charge on any atom is -0.508 e. The van der Waals surface area contributed by atoms with Crippen molar-refractivity contribution in [3.05, 3.63) is 22.8 Å². The Bertz CT molecular complexity index is 591. The minimum atomic E-state index is -0.518. The van der Waals surface area contributed by atoms with Crippen molar-refractivity contribution < 1.29 is 24.5 Å². The molecule has 0 aromatic heterocycles. The summed E-state index contributed by atoms with van der Waals surface area (Å²) in [7, 11) is 1.26. The summed E-state index contributed by atoms with van der Waals surface area (Å²) >= 11 is 0. The predicted molar refractivity (Wildman–Crippen MR) is 80.0 cm³/mol. The number of aromatic hydroxyl groups is 2. The second kappa shape index (κ2) is 6.68. The maximum atomic E-state index is 12.7. The Hall–Kier alpha value is -2.24. The highest BCUT2D eigenvalue weighted by molar-refractivity contribution is 6.00. The third kappa shape index (κ3) is 3.00. The van der Waals surface area contributed by atoms with Gasteiger partial charge in [-0.15, -0.1) is 0 Å². The Morgan fingerprint density at radius 2 is 1.82 bits per heavy atom. The van der Waals surface area contributed by atoms with Crippen LogP contribution in [0.5, 0.6) is 11.5 Å². The van der Waals surface area contributed by atoms with E-state index in [1.807, 2.05) is 6.92 Å². The molecule has 0 atom stereocenters. The van der Waals surface area contributed by atoms with Crippen LogP contribution in [0.15, 0.2) is 6.07 Å². The summed E-state index contributed by atoms with van der Waals surface area (Å²) in [5.41, 5.74) is 0.941. The molecule has 1 amide bonds. The van der Waals surface area contributed by atoms with Crippen LogP contribution in [0.2, 0.25) is 0 Å². The molecule has 2 N–H and O–H groups in total. The van der Waals surface area contributed by atoms with Crippen LogP contribution in [0.25, 0.3) is 0 Å². The molecule has 120 valence electrons. The first-order valence-electron chi connectivity index (χ1n) is 7.42. The van der Waals surface area contributed by atoms with Crippen molar-refractivity contribution >= 4 is 11.9 Å². The molecule has 22 heavy (non-hydrogen) atoms. The molecule has 0 spiro atoms. The van der Waals surface area contributed by atoms with Crippen molar-refractivity contribution in [2.24, 2.45) is 0 Å². The Morgan fingerprint density at radius 3 is 2.36 bits per heavy atom. The quantitative estimate of drug-likeness (QED) is 0.825. The number of amides is 1. The molecule has 2 rings (SSSR count). The maximum absolute atomic E-state index is 12.7. The number of benzene rings is 1. The fraction of sp³-hybridized carbons (Fsp3) is 0.500. The number of phenols is 2. The van der Waals surface area contributed by atoms with Gasteiger partial charge in [0.2, 0.25) is 0 Å². The number of methoxy groups -OCH3 is 1. The van der Waals surface area contributed by atoms with E-state index in [-0.39, 0.29) is 29.4 Å². The van der Waals surface area contributed by atoms with E-state index in [2.05, 4.69) is 4.74 Å². The second-order valence-corrected chi connectivity index (χ2v) is 5.35. The van der Waals surface area contributed by atoms with E-state index < -0.39 is 5.97 Å². The molecular formula is C16H21NO5. The smallest absolute Gasteiger partial charge is 0.310 e. The van der Waals surface area contributed by atoms with Gasteiger partial charge in [-0.2, -0.15) is 0 Å². The zero-order valence-electron chi connectivity index (χ0n) is 12.9. The van der Waals surface area contributed by atoms with E-state index in [9.17, 15) is 19.8 Å². The number of hydrogen-bond donors (Lipinski definition) is 2. The standard InChI is InChI=1S/C16H21NO5/c1-3-10-11(8-14(20)22-2)15(13(19)9-12(10)18)16(21)17-6-4-5-7-17/h9,18-19H,3-8H2,1-2H3. The largest absolute Gasteiger partial charge is 0.508 e. The van der Waals surface area contributed by atoms with Crippen molar-refractivity contribution in [1.82, 2.24) is 4.90 Å². The van der Waals surface area contributed by atoms with E-state index in [4.69, 9.17) is 0 Å². The SMILES string of the molecule is CCc1c(O)cc(O)c(C(=O)N2CCCC2)c1CC(=O)OC. The van der Waals surface area contributed by atoms with Crippen LogP contribution in [0.1, 0.15) is 41.3 Å². The second-order valence-electron chi connectivity index (χ2n) is 5.35. The third-order valence-corrected chi connectivity index (χ3v) is 4.01. The van der Waals surface area contributed by atoms with Crippen molar-refractivity contribution in [3.63, 3.8) is 0 Å². The molecule has 0 unspecified atom stereocenters. The van der Waals surface area contributed by atoms with Crippen molar-refractivity contribution in [1.29, 1.82) is 0 Å². The van der Waals surface area contributed by atoms with Gasteiger partial charge in [-0.05, 0) is 30.4 Å². The summed E-state index contributed by atoms with van der Waals surface area (Å²) in [4.78, 5) is 26.0. The Kier molecular flexibility index (Phi) is 4.90. The molecule has 0 radical (unpaired) electrons. The molecule has 6 heteroatoms. The number of esters is 1. The van der Waals surface area contributed by atoms with E-state index in [1.165, 1.54) is 13.2 Å². The zero-order valence-corrected chi connectivity index (χ0v) is 12.9. The normalized spacial score (nSPS) is 14.2. The number of rotatable bonds is 4. The summed E-state index contributed by atoms with van der Waals surface area (Å²) < 4.78 is 4.67. The molecule has 0 bridgehead atoms. The predicted octanol–water partition coefficient (Wildman–Crippen LogP) is 1.61. The topological polar surface area (TPSA) is 87.1 Å². The van der Waals surface area contributed by atoms with Crippen LogP contribution in [-0.4, -0.2) is 47.2 Å². The average Bonchev–Trinajstić information content (AvgIpc) is 3.01. The molecule has 1 aromatic rings. The van der Waals surface area contributed by atoms with Crippen LogP contribution in [0, 0.1) is 0 Å².